The Morgan fingerprint density at radius 2 is 1.54 bits per heavy atom. The van der Waals surface area contributed by atoms with Gasteiger partial charge in [-0.25, -0.2) is 9.59 Å². The Labute approximate surface area is 141 Å². The summed E-state index contributed by atoms with van der Waals surface area (Å²) in [5.41, 5.74) is -0.158. The highest BCUT2D eigenvalue weighted by Gasteiger charge is 2.15. The quantitative estimate of drug-likeness (QED) is 0.527. The van der Waals surface area contributed by atoms with Gasteiger partial charge in [0.2, 0.25) is 5.91 Å². The van der Waals surface area contributed by atoms with Gasteiger partial charge in [-0.05, 0) is 24.6 Å². The van der Waals surface area contributed by atoms with Gasteiger partial charge >= 0.3 is 11.9 Å². The van der Waals surface area contributed by atoms with Crippen LogP contribution in [0.15, 0.2) is 18.2 Å². The standard InChI is InChI=1S/C18H25NO5/c1-2-3-4-5-6-7-8-9-16(20)19-15-12-13(17(21)22)10-11-14(15)18(23)24/h10-12H,2-9H2,1H3,(H,19,20)(H,21,22)(H,23,24). The van der Waals surface area contributed by atoms with E-state index in [0.717, 1.165) is 19.3 Å². The van der Waals surface area contributed by atoms with Gasteiger partial charge in [-0.15, -0.1) is 0 Å². The number of carbonyl (C=O) groups is 3. The van der Waals surface area contributed by atoms with Gasteiger partial charge in [0.25, 0.3) is 0 Å². The van der Waals surface area contributed by atoms with Crippen LogP contribution in [0, 0.1) is 0 Å². The predicted octanol–water partition coefficient (Wildman–Crippen LogP) is 4.16. The summed E-state index contributed by atoms with van der Waals surface area (Å²) in [5, 5.41) is 20.6. The summed E-state index contributed by atoms with van der Waals surface area (Å²) in [5.74, 6) is -2.68. The summed E-state index contributed by atoms with van der Waals surface area (Å²) in [4.78, 5) is 34.1. The van der Waals surface area contributed by atoms with Gasteiger partial charge in [0.05, 0.1) is 16.8 Å². The molecule has 6 nitrogen and oxygen atoms in total. The Hall–Kier alpha value is -2.37. The Bertz CT molecular complexity index is 583. The molecule has 0 saturated heterocycles. The Kier molecular flexibility index (Phi) is 8.54. The maximum absolute atomic E-state index is 12.0. The average molecular weight is 335 g/mol. The van der Waals surface area contributed by atoms with Crippen molar-refractivity contribution in [2.24, 2.45) is 0 Å². The van der Waals surface area contributed by atoms with E-state index in [2.05, 4.69) is 12.2 Å². The molecule has 0 spiro atoms. The first-order valence-electron chi connectivity index (χ1n) is 8.36. The van der Waals surface area contributed by atoms with Crippen LogP contribution in [-0.4, -0.2) is 28.1 Å². The second-order valence-electron chi connectivity index (χ2n) is 5.79. The lowest BCUT2D eigenvalue weighted by Crippen LogP contribution is -2.15. The summed E-state index contributed by atoms with van der Waals surface area (Å²) < 4.78 is 0. The number of carboxylic acid groups (broad SMARTS) is 2. The highest BCUT2D eigenvalue weighted by atomic mass is 16.4. The lowest BCUT2D eigenvalue weighted by Gasteiger charge is -2.09. The van der Waals surface area contributed by atoms with Crippen LogP contribution in [0.1, 0.15) is 79.0 Å². The number of carboxylic acids is 2. The van der Waals surface area contributed by atoms with Gasteiger partial charge < -0.3 is 15.5 Å². The molecule has 24 heavy (non-hydrogen) atoms. The molecule has 0 aliphatic heterocycles. The van der Waals surface area contributed by atoms with Crippen LogP contribution < -0.4 is 5.32 Å². The third-order valence-corrected chi connectivity index (χ3v) is 3.78. The lowest BCUT2D eigenvalue weighted by atomic mass is 10.1. The fourth-order valence-corrected chi connectivity index (χ4v) is 2.42. The number of rotatable bonds is 11. The average Bonchev–Trinajstić information content (AvgIpc) is 2.53. The number of hydrogen-bond acceptors (Lipinski definition) is 3. The zero-order valence-electron chi connectivity index (χ0n) is 14.0. The molecule has 0 radical (unpaired) electrons. The largest absolute Gasteiger partial charge is 0.478 e. The molecule has 1 aromatic rings. The molecule has 0 fully saturated rings. The number of unbranched alkanes of at least 4 members (excludes halogenated alkanes) is 6. The van der Waals surface area contributed by atoms with Gasteiger partial charge in [0.15, 0.2) is 0 Å². The number of amides is 1. The van der Waals surface area contributed by atoms with E-state index in [1.54, 1.807) is 0 Å². The minimum absolute atomic E-state index is 0.0235. The van der Waals surface area contributed by atoms with Gasteiger partial charge in [-0.1, -0.05) is 45.4 Å². The van der Waals surface area contributed by atoms with Crippen molar-refractivity contribution < 1.29 is 24.6 Å². The first kappa shape index (κ1) is 19.7. The zero-order valence-corrected chi connectivity index (χ0v) is 14.0. The summed E-state index contributed by atoms with van der Waals surface area (Å²) >= 11 is 0. The van der Waals surface area contributed by atoms with E-state index in [4.69, 9.17) is 10.2 Å². The minimum Gasteiger partial charge on any atom is -0.478 e. The van der Waals surface area contributed by atoms with E-state index in [0.29, 0.717) is 6.42 Å². The molecule has 0 aliphatic rings. The first-order chi connectivity index (χ1) is 11.5. The van der Waals surface area contributed by atoms with E-state index >= 15 is 0 Å². The summed E-state index contributed by atoms with van der Waals surface area (Å²) in [6.45, 7) is 2.16. The summed E-state index contributed by atoms with van der Waals surface area (Å²) in [7, 11) is 0. The second kappa shape index (κ2) is 10.4. The summed E-state index contributed by atoms with van der Waals surface area (Å²) in [6.07, 6.45) is 7.89. The molecule has 0 saturated carbocycles. The number of nitrogens with one attached hydrogen (secondary N) is 1. The van der Waals surface area contributed by atoms with Crippen molar-refractivity contribution >= 4 is 23.5 Å². The van der Waals surface area contributed by atoms with Crippen LogP contribution in [0.3, 0.4) is 0 Å². The Morgan fingerprint density at radius 1 is 0.917 bits per heavy atom. The normalized spacial score (nSPS) is 10.4. The van der Waals surface area contributed by atoms with Crippen molar-refractivity contribution in [1.29, 1.82) is 0 Å². The van der Waals surface area contributed by atoms with Crippen LogP contribution in [0.4, 0.5) is 5.69 Å². The highest BCUT2D eigenvalue weighted by Crippen LogP contribution is 2.19. The third-order valence-electron chi connectivity index (χ3n) is 3.78. The Balaban J connectivity index is 2.52. The molecule has 0 bridgehead atoms. The van der Waals surface area contributed by atoms with Gasteiger partial charge in [0.1, 0.15) is 0 Å². The van der Waals surface area contributed by atoms with E-state index < -0.39 is 11.9 Å². The molecule has 6 heteroatoms. The SMILES string of the molecule is CCCCCCCCCC(=O)Nc1cc(C(=O)O)ccc1C(=O)O. The van der Waals surface area contributed by atoms with Crippen LogP contribution >= 0.6 is 0 Å². The molecule has 3 N–H and O–H groups in total. The molecule has 1 amide bonds. The fourth-order valence-electron chi connectivity index (χ4n) is 2.42. The maximum atomic E-state index is 12.0. The number of anilines is 1. The predicted molar refractivity (Wildman–Crippen MR) is 91.6 cm³/mol. The molecular formula is C18H25NO5. The van der Waals surface area contributed by atoms with Crippen molar-refractivity contribution in [3.05, 3.63) is 29.3 Å². The van der Waals surface area contributed by atoms with Crippen LogP contribution in [0.25, 0.3) is 0 Å². The van der Waals surface area contributed by atoms with Gasteiger partial charge in [-0.3, -0.25) is 4.79 Å². The van der Waals surface area contributed by atoms with Crippen LogP contribution in [-0.2, 0) is 4.79 Å². The molecule has 0 unspecified atom stereocenters. The number of hydrogen-bond donors (Lipinski definition) is 3. The monoisotopic (exact) mass is 335 g/mol. The number of carbonyl (C=O) groups excluding carboxylic acids is 1. The van der Waals surface area contributed by atoms with Gasteiger partial charge in [0, 0.05) is 6.42 Å². The van der Waals surface area contributed by atoms with Crippen molar-refractivity contribution in [2.75, 3.05) is 5.32 Å². The summed E-state index contributed by atoms with van der Waals surface area (Å²) in [6, 6.07) is 3.57. The molecule has 0 heterocycles. The molecule has 1 aromatic carbocycles. The smallest absolute Gasteiger partial charge is 0.337 e. The maximum Gasteiger partial charge on any atom is 0.337 e. The van der Waals surface area contributed by atoms with Crippen molar-refractivity contribution in [3.8, 4) is 0 Å². The molecule has 132 valence electrons. The molecule has 0 atom stereocenters. The van der Waals surface area contributed by atoms with E-state index in [1.165, 1.54) is 43.9 Å². The lowest BCUT2D eigenvalue weighted by molar-refractivity contribution is -0.116. The van der Waals surface area contributed by atoms with Gasteiger partial charge in [-0.2, -0.15) is 0 Å². The Morgan fingerprint density at radius 3 is 2.12 bits per heavy atom. The second-order valence-corrected chi connectivity index (χ2v) is 5.79. The highest BCUT2D eigenvalue weighted by molar-refractivity contribution is 6.02. The molecule has 0 aromatic heterocycles. The molecular weight excluding hydrogens is 310 g/mol. The van der Waals surface area contributed by atoms with E-state index in [1.807, 2.05) is 0 Å². The van der Waals surface area contributed by atoms with Crippen molar-refractivity contribution in [1.82, 2.24) is 0 Å². The number of benzene rings is 1. The minimum atomic E-state index is -1.21. The third kappa shape index (κ3) is 6.81. The van der Waals surface area contributed by atoms with Crippen molar-refractivity contribution in [2.45, 2.75) is 58.3 Å². The molecule has 0 aliphatic carbocycles. The molecule has 1 rings (SSSR count). The zero-order chi connectivity index (χ0) is 17.9. The first-order valence-corrected chi connectivity index (χ1v) is 8.36. The fraction of sp³-hybridized carbons (Fsp3) is 0.500. The topological polar surface area (TPSA) is 104 Å². The van der Waals surface area contributed by atoms with Crippen LogP contribution in [0.2, 0.25) is 0 Å². The van der Waals surface area contributed by atoms with Crippen LogP contribution in [0.5, 0.6) is 0 Å². The van der Waals surface area contributed by atoms with Crippen molar-refractivity contribution in [3.63, 3.8) is 0 Å². The van der Waals surface area contributed by atoms with E-state index in [-0.39, 0.29) is 22.7 Å². The number of aromatic carboxylic acids is 2. The van der Waals surface area contributed by atoms with E-state index in [9.17, 15) is 14.4 Å².